The van der Waals surface area contributed by atoms with Crippen LogP contribution in [-0.4, -0.2) is 28.8 Å². The summed E-state index contributed by atoms with van der Waals surface area (Å²) in [7, 11) is 1.59. The van der Waals surface area contributed by atoms with Crippen molar-refractivity contribution in [3.63, 3.8) is 0 Å². The molecule has 1 unspecified atom stereocenters. The average molecular weight is 445 g/mol. The van der Waals surface area contributed by atoms with Crippen molar-refractivity contribution in [1.82, 2.24) is 4.90 Å². The van der Waals surface area contributed by atoms with Gasteiger partial charge in [-0.1, -0.05) is 36.4 Å². The number of rotatable bonds is 6. The molecule has 0 spiro atoms. The molecule has 5 rings (SSSR count). The van der Waals surface area contributed by atoms with Gasteiger partial charge in [0.15, 0.2) is 11.5 Å². The molecule has 7 heteroatoms. The zero-order chi connectivity index (χ0) is 22.2. The largest absolute Gasteiger partial charge is 0.503 e. The Balaban J connectivity index is 1.54. The quantitative estimate of drug-likeness (QED) is 0.409. The highest BCUT2D eigenvalue weighted by Crippen LogP contribution is 2.42. The van der Waals surface area contributed by atoms with E-state index in [1.54, 1.807) is 19.2 Å². The molecule has 1 aliphatic heterocycles. The summed E-state index contributed by atoms with van der Waals surface area (Å²) in [4.78, 5) is 28.8. The third-order valence-corrected chi connectivity index (χ3v) is 6.45. The molecule has 6 nitrogen and oxygen atoms in total. The average Bonchev–Trinajstić information content (AvgIpc) is 3.54. The van der Waals surface area contributed by atoms with E-state index in [1.165, 1.54) is 16.2 Å². The van der Waals surface area contributed by atoms with Gasteiger partial charge in [-0.2, -0.15) is 0 Å². The van der Waals surface area contributed by atoms with Gasteiger partial charge >= 0.3 is 0 Å². The zero-order valence-corrected chi connectivity index (χ0v) is 18.0. The van der Waals surface area contributed by atoms with E-state index in [4.69, 9.17) is 9.15 Å². The molecule has 160 valence electrons. The number of thiophene rings is 1. The standard InChI is InChI=1S/C25H19NO5S/c1-30-17-10-8-15(9-11-17)14-26-22(20-7-4-12-32-20)21(24(28)25(26)29)23(27)19-13-16-5-2-3-6-18(16)31-19/h2-13,22,28H,14H2,1H3. The van der Waals surface area contributed by atoms with Gasteiger partial charge in [-0.3, -0.25) is 9.59 Å². The van der Waals surface area contributed by atoms with Crippen molar-refractivity contribution in [3.8, 4) is 5.75 Å². The number of carbonyl (C=O) groups is 2. The monoisotopic (exact) mass is 445 g/mol. The Bertz CT molecular complexity index is 1300. The van der Waals surface area contributed by atoms with E-state index >= 15 is 0 Å². The number of aliphatic hydroxyl groups is 1. The molecule has 1 N–H and O–H groups in total. The lowest BCUT2D eigenvalue weighted by atomic mass is 10.00. The number of para-hydroxylation sites is 1. The fraction of sp³-hybridized carbons (Fsp3) is 0.120. The Morgan fingerprint density at radius 3 is 2.59 bits per heavy atom. The highest BCUT2D eigenvalue weighted by Gasteiger charge is 2.45. The van der Waals surface area contributed by atoms with E-state index in [2.05, 4.69) is 0 Å². The van der Waals surface area contributed by atoms with E-state index < -0.39 is 23.5 Å². The minimum Gasteiger partial charge on any atom is -0.503 e. The van der Waals surface area contributed by atoms with E-state index in [0.29, 0.717) is 11.3 Å². The number of ketones is 1. The van der Waals surface area contributed by atoms with Crippen LogP contribution in [0.4, 0.5) is 0 Å². The Morgan fingerprint density at radius 1 is 1.12 bits per heavy atom. The highest BCUT2D eigenvalue weighted by atomic mass is 32.1. The summed E-state index contributed by atoms with van der Waals surface area (Å²) in [5, 5.41) is 13.4. The van der Waals surface area contributed by atoms with Crippen molar-refractivity contribution < 1.29 is 23.8 Å². The smallest absolute Gasteiger partial charge is 0.290 e. The molecule has 32 heavy (non-hydrogen) atoms. The predicted octanol–water partition coefficient (Wildman–Crippen LogP) is 5.28. The van der Waals surface area contributed by atoms with E-state index in [1.807, 2.05) is 60.0 Å². The van der Waals surface area contributed by atoms with Gasteiger partial charge in [0.25, 0.3) is 5.91 Å². The molecule has 3 heterocycles. The number of furan rings is 1. The Morgan fingerprint density at radius 2 is 1.91 bits per heavy atom. The second-order valence-corrected chi connectivity index (χ2v) is 8.42. The van der Waals surface area contributed by atoms with Crippen LogP contribution in [0.5, 0.6) is 5.75 Å². The maximum atomic E-state index is 13.5. The molecule has 2 aromatic carbocycles. The Hall–Kier alpha value is -3.84. The lowest BCUT2D eigenvalue weighted by molar-refractivity contribution is -0.130. The van der Waals surface area contributed by atoms with Crippen LogP contribution in [-0.2, 0) is 11.3 Å². The number of aliphatic hydroxyl groups excluding tert-OH is 1. The number of hydrogen-bond acceptors (Lipinski definition) is 6. The molecule has 0 radical (unpaired) electrons. The highest BCUT2D eigenvalue weighted by molar-refractivity contribution is 7.10. The maximum absolute atomic E-state index is 13.5. The van der Waals surface area contributed by atoms with Crippen LogP contribution >= 0.6 is 11.3 Å². The van der Waals surface area contributed by atoms with Crippen molar-refractivity contribution in [2.75, 3.05) is 7.11 Å². The number of methoxy groups -OCH3 is 1. The van der Waals surface area contributed by atoms with Crippen LogP contribution < -0.4 is 4.74 Å². The number of benzene rings is 2. The lowest BCUT2D eigenvalue weighted by Crippen LogP contribution is -2.30. The van der Waals surface area contributed by atoms with Crippen molar-refractivity contribution in [3.05, 3.63) is 99.6 Å². The van der Waals surface area contributed by atoms with E-state index in [9.17, 15) is 14.7 Å². The normalized spacial score (nSPS) is 16.2. The molecular weight excluding hydrogens is 426 g/mol. The molecule has 0 bridgehead atoms. The molecular formula is C25H19NO5S. The summed E-state index contributed by atoms with van der Waals surface area (Å²) in [5.74, 6) is -0.824. The van der Waals surface area contributed by atoms with Gasteiger partial charge < -0.3 is 19.2 Å². The van der Waals surface area contributed by atoms with Crippen molar-refractivity contribution in [2.45, 2.75) is 12.6 Å². The van der Waals surface area contributed by atoms with Gasteiger partial charge in [0, 0.05) is 16.8 Å². The van der Waals surface area contributed by atoms with Crippen LogP contribution in [0.3, 0.4) is 0 Å². The summed E-state index contributed by atoms with van der Waals surface area (Å²) in [6.45, 7) is 0.229. The third kappa shape index (κ3) is 3.36. The minimum atomic E-state index is -0.703. The summed E-state index contributed by atoms with van der Waals surface area (Å²) < 4.78 is 10.9. The first kappa shape index (κ1) is 20.1. The van der Waals surface area contributed by atoms with Crippen LogP contribution in [0.1, 0.15) is 27.0 Å². The fourth-order valence-electron chi connectivity index (χ4n) is 3.95. The predicted molar refractivity (Wildman–Crippen MR) is 121 cm³/mol. The van der Waals surface area contributed by atoms with Gasteiger partial charge in [-0.05, 0) is 41.3 Å². The van der Waals surface area contributed by atoms with Crippen molar-refractivity contribution in [1.29, 1.82) is 0 Å². The van der Waals surface area contributed by atoms with Gasteiger partial charge in [0.2, 0.25) is 5.78 Å². The van der Waals surface area contributed by atoms with Gasteiger partial charge in [-0.15, -0.1) is 11.3 Å². The lowest BCUT2D eigenvalue weighted by Gasteiger charge is -2.25. The van der Waals surface area contributed by atoms with Crippen LogP contribution in [0.2, 0.25) is 0 Å². The first-order chi connectivity index (χ1) is 15.6. The van der Waals surface area contributed by atoms with Gasteiger partial charge in [0.1, 0.15) is 17.4 Å². The van der Waals surface area contributed by atoms with Crippen LogP contribution in [0.25, 0.3) is 11.0 Å². The summed E-state index contributed by atoms with van der Waals surface area (Å²) >= 11 is 1.42. The molecule has 2 aromatic heterocycles. The number of hydrogen-bond donors (Lipinski definition) is 1. The molecule has 0 saturated carbocycles. The number of ether oxygens (including phenoxy) is 1. The molecule has 0 aliphatic carbocycles. The summed E-state index contributed by atoms with van der Waals surface area (Å²) in [6.07, 6.45) is 0. The Labute approximate surface area is 188 Å². The first-order valence-corrected chi connectivity index (χ1v) is 10.9. The summed E-state index contributed by atoms with van der Waals surface area (Å²) in [6, 6.07) is 19.3. The summed E-state index contributed by atoms with van der Waals surface area (Å²) in [5.41, 5.74) is 1.46. The van der Waals surface area contributed by atoms with Crippen LogP contribution in [0.15, 0.2) is 87.9 Å². The topological polar surface area (TPSA) is 80.0 Å². The number of Topliss-reactive ketones (excluding diaryl/α,β-unsaturated/α-hetero) is 1. The minimum absolute atomic E-state index is 0.0324. The fourth-order valence-corrected chi connectivity index (χ4v) is 4.79. The van der Waals surface area contributed by atoms with Gasteiger partial charge in [0.05, 0.1) is 12.7 Å². The zero-order valence-electron chi connectivity index (χ0n) is 17.1. The Kier molecular flexibility index (Phi) is 5.03. The SMILES string of the molecule is COc1ccc(CN2C(=O)C(O)=C(C(=O)c3cc4ccccc4o3)C2c2cccs2)cc1. The van der Waals surface area contributed by atoms with E-state index in [0.717, 1.165) is 15.8 Å². The van der Waals surface area contributed by atoms with Crippen molar-refractivity contribution in [2.24, 2.45) is 0 Å². The first-order valence-electron chi connectivity index (χ1n) is 10.0. The second kappa shape index (κ2) is 8.01. The maximum Gasteiger partial charge on any atom is 0.290 e. The van der Waals surface area contributed by atoms with E-state index in [-0.39, 0.29) is 17.9 Å². The molecule has 1 aliphatic rings. The number of fused-ring (bicyclic) bond motifs is 1. The third-order valence-electron chi connectivity index (χ3n) is 5.52. The number of amides is 1. The van der Waals surface area contributed by atoms with Gasteiger partial charge in [-0.25, -0.2) is 0 Å². The number of nitrogens with zero attached hydrogens (tertiary/aromatic N) is 1. The molecule has 1 atom stereocenters. The second-order valence-electron chi connectivity index (χ2n) is 7.44. The molecule has 1 amide bonds. The molecule has 0 fully saturated rings. The molecule has 4 aromatic rings. The van der Waals surface area contributed by atoms with Crippen LogP contribution in [0, 0.1) is 0 Å². The van der Waals surface area contributed by atoms with Crippen molar-refractivity contribution >= 4 is 34.0 Å². The molecule has 0 saturated heterocycles. The number of carbonyl (C=O) groups excluding carboxylic acids is 2.